The Balaban J connectivity index is 1.49. The second-order valence-corrected chi connectivity index (χ2v) is 6.41. The SMILES string of the molecule is Cc1cccc2nc(COC(=O)/C=C/c3cc4c(cc3[N+](=O)[O-])OCO4)cc(=O)n12. The first kappa shape index (κ1) is 19.1. The van der Waals surface area contributed by atoms with Crippen LogP contribution in [0.15, 0.2) is 47.3 Å². The van der Waals surface area contributed by atoms with Crippen LogP contribution in [-0.4, -0.2) is 27.1 Å². The molecule has 0 saturated carbocycles. The highest BCUT2D eigenvalue weighted by molar-refractivity contribution is 5.88. The standard InChI is InChI=1S/C20H15N3O7/c1-12-3-2-4-18-21-14(8-19(24)22(12)18)10-28-20(25)6-5-13-7-16-17(30-11-29-16)9-15(13)23(26)27/h2-9H,10-11H2,1H3/b6-5+. The average molecular weight is 409 g/mol. The van der Waals surface area contributed by atoms with Gasteiger partial charge in [0.2, 0.25) is 6.79 Å². The van der Waals surface area contributed by atoms with Crippen LogP contribution >= 0.6 is 0 Å². The highest BCUT2D eigenvalue weighted by atomic mass is 16.7. The van der Waals surface area contributed by atoms with E-state index < -0.39 is 10.9 Å². The van der Waals surface area contributed by atoms with Gasteiger partial charge in [0.05, 0.1) is 22.2 Å². The molecule has 0 saturated heterocycles. The van der Waals surface area contributed by atoms with Gasteiger partial charge in [0.25, 0.3) is 11.2 Å². The smallest absolute Gasteiger partial charge is 0.331 e. The van der Waals surface area contributed by atoms with Crippen molar-refractivity contribution in [3.05, 3.63) is 79.9 Å². The Morgan fingerprint density at radius 1 is 1.30 bits per heavy atom. The Hall–Kier alpha value is -4.21. The Labute approximate surface area is 169 Å². The normalized spacial score (nSPS) is 12.4. The molecule has 3 aromatic rings. The lowest BCUT2D eigenvalue weighted by Crippen LogP contribution is -2.18. The number of pyridine rings is 1. The maximum absolute atomic E-state index is 12.3. The maximum Gasteiger partial charge on any atom is 0.331 e. The van der Waals surface area contributed by atoms with Crippen molar-refractivity contribution in [2.45, 2.75) is 13.5 Å². The predicted octanol–water partition coefficient (Wildman–Crippen LogP) is 2.40. The topological polar surface area (TPSA) is 122 Å². The molecule has 0 bridgehead atoms. The van der Waals surface area contributed by atoms with Crippen LogP contribution in [0.4, 0.5) is 5.69 Å². The highest BCUT2D eigenvalue weighted by Gasteiger charge is 2.22. The fraction of sp³-hybridized carbons (Fsp3) is 0.150. The number of aromatic nitrogens is 2. The number of ether oxygens (including phenoxy) is 3. The molecule has 0 amide bonds. The van der Waals surface area contributed by atoms with E-state index >= 15 is 0 Å². The number of hydrogen-bond donors (Lipinski definition) is 0. The van der Waals surface area contributed by atoms with Crippen molar-refractivity contribution < 1.29 is 23.9 Å². The van der Waals surface area contributed by atoms with Crippen molar-refractivity contribution in [2.24, 2.45) is 0 Å². The van der Waals surface area contributed by atoms with Gasteiger partial charge in [0.1, 0.15) is 12.3 Å². The van der Waals surface area contributed by atoms with Crippen LogP contribution in [0.3, 0.4) is 0 Å². The summed E-state index contributed by atoms with van der Waals surface area (Å²) >= 11 is 0. The molecule has 0 radical (unpaired) electrons. The summed E-state index contributed by atoms with van der Waals surface area (Å²) in [5.74, 6) is -0.122. The van der Waals surface area contributed by atoms with E-state index in [1.807, 2.05) is 0 Å². The zero-order valence-electron chi connectivity index (χ0n) is 15.7. The lowest BCUT2D eigenvalue weighted by atomic mass is 10.1. The number of nitro groups is 1. The number of benzene rings is 1. The molecule has 0 spiro atoms. The van der Waals surface area contributed by atoms with Crippen LogP contribution in [0, 0.1) is 17.0 Å². The number of nitro benzene ring substituents is 1. The molecule has 4 rings (SSSR count). The number of rotatable bonds is 5. The number of nitrogens with zero attached hydrogens (tertiary/aromatic N) is 3. The van der Waals surface area contributed by atoms with Crippen LogP contribution in [0.25, 0.3) is 11.7 Å². The van der Waals surface area contributed by atoms with Gasteiger partial charge in [-0.2, -0.15) is 0 Å². The molecule has 0 unspecified atom stereocenters. The Kier molecular flexibility index (Phi) is 4.88. The summed E-state index contributed by atoms with van der Waals surface area (Å²) in [6.45, 7) is 1.54. The Morgan fingerprint density at radius 3 is 2.83 bits per heavy atom. The summed E-state index contributed by atoms with van der Waals surface area (Å²) < 4.78 is 16.9. The van der Waals surface area contributed by atoms with Crippen molar-refractivity contribution in [3.63, 3.8) is 0 Å². The fourth-order valence-corrected chi connectivity index (χ4v) is 3.03. The van der Waals surface area contributed by atoms with Gasteiger partial charge in [-0.3, -0.25) is 19.3 Å². The molecule has 1 aromatic carbocycles. The first-order valence-electron chi connectivity index (χ1n) is 8.83. The zero-order chi connectivity index (χ0) is 21.3. The van der Waals surface area contributed by atoms with Crippen LogP contribution < -0.4 is 15.0 Å². The van der Waals surface area contributed by atoms with Crippen LogP contribution in [0.2, 0.25) is 0 Å². The van der Waals surface area contributed by atoms with Gasteiger partial charge in [0, 0.05) is 17.8 Å². The number of esters is 1. The van der Waals surface area contributed by atoms with E-state index in [9.17, 15) is 19.7 Å². The minimum Gasteiger partial charge on any atom is -0.456 e. The molecule has 0 fully saturated rings. The molecule has 0 atom stereocenters. The number of hydrogen-bond acceptors (Lipinski definition) is 8. The lowest BCUT2D eigenvalue weighted by Gasteiger charge is -2.06. The summed E-state index contributed by atoms with van der Waals surface area (Å²) in [6, 6.07) is 9.18. The molecule has 10 heteroatoms. The quantitative estimate of drug-likeness (QED) is 0.272. The van der Waals surface area contributed by atoms with Crippen molar-refractivity contribution in [1.29, 1.82) is 0 Å². The number of carbonyl (C=O) groups excluding carboxylic acids is 1. The number of carbonyl (C=O) groups is 1. The lowest BCUT2D eigenvalue weighted by molar-refractivity contribution is -0.385. The maximum atomic E-state index is 12.3. The molecule has 0 aliphatic carbocycles. The molecule has 1 aliphatic heterocycles. The molecule has 1 aliphatic rings. The van der Waals surface area contributed by atoms with Gasteiger partial charge in [-0.05, 0) is 31.2 Å². The van der Waals surface area contributed by atoms with Crippen LogP contribution in [0.1, 0.15) is 17.0 Å². The van der Waals surface area contributed by atoms with Gasteiger partial charge < -0.3 is 14.2 Å². The summed E-state index contributed by atoms with van der Waals surface area (Å²) in [5.41, 5.74) is 1.13. The number of fused-ring (bicyclic) bond motifs is 2. The third-order valence-electron chi connectivity index (χ3n) is 4.41. The van der Waals surface area contributed by atoms with Gasteiger partial charge in [0.15, 0.2) is 11.5 Å². The molecule has 10 nitrogen and oxygen atoms in total. The second-order valence-electron chi connectivity index (χ2n) is 6.41. The molecule has 152 valence electrons. The van der Waals surface area contributed by atoms with Gasteiger partial charge in [-0.1, -0.05) is 6.07 Å². The van der Waals surface area contributed by atoms with E-state index in [-0.39, 0.29) is 36.0 Å². The zero-order valence-corrected chi connectivity index (χ0v) is 15.7. The van der Waals surface area contributed by atoms with E-state index in [1.165, 1.54) is 28.7 Å². The molecular weight excluding hydrogens is 394 g/mol. The van der Waals surface area contributed by atoms with E-state index in [0.717, 1.165) is 11.8 Å². The Morgan fingerprint density at radius 2 is 2.07 bits per heavy atom. The summed E-state index contributed by atoms with van der Waals surface area (Å²) in [7, 11) is 0. The van der Waals surface area contributed by atoms with Crippen molar-refractivity contribution in [1.82, 2.24) is 9.38 Å². The van der Waals surface area contributed by atoms with Crippen LogP contribution in [-0.2, 0) is 16.1 Å². The highest BCUT2D eigenvalue weighted by Crippen LogP contribution is 2.38. The third-order valence-corrected chi connectivity index (χ3v) is 4.41. The Bertz CT molecular complexity index is 1260. The first-order chi connectivity index (χ1) is 14.4. The molecule has 0 N–H and O–H groups in total. The fourth-order valence-electron chi connectivity index (χ4n) is 3.03. The van der Waals surface area contributed by atoms with Gasteiger partial charge in [-0.15, -0.1) is 0 Å². The largest absolute Gasteiger partial charge is 0.456 e. The first-order valence-corrected chi connectivity index (χ1v) is 8.83. The minimum atomic E-state index is -0.742. The van der Waals surface area contributed by atoms with Gasteiger partial charge in [-0.25, -0.2) is 9.78 Å². The van der Waals surface area contributed by atoms with Crippen molar-refractivity contribution in [2.75, 3.05) is 6.79 Å². The second kappa shape index (κ2) is 7.66. The van der Waals surface area contributed by atoms with E-state index in [2.05, 4.69) is 4.98 Å². The monoisotopic (exact) mass is 409 g/mol. The summed E-state index contributed by atoms with van der Waals surface area (Å²) in [5, 5.41) is 11.3. The third kappa shape index (κ3) is 3.70. The minimum absolute atomic E-state index is 0.0278. The molecule has 3 heterocycles. The molecule has 30 heavy (non-hydrogen) atoms. The number of aryl methyl sites for hydroxylation is 1. The van der Waals surface area contributed by atoms with E-state index in [1.54, 1.807) is 25.1 Å². The summed E-state index contributed by atoms with van der Waals surface area (Å²) in [6.07, 6.45) is 2.32. The van der Waals surface area contributed by atoms with E-state index in [0.29, 0.717) is 17.1 Å². The summed E-state index contributed by atoms with van der Waals surface area (Å²) in [4.78, 5) is 39.3. The molecule has 2 aromatic heterocycles. The van der Waals surface area contributed by atoms with Gasteiger partial charge >= 0.3 is 5.97 Å². The van der Waals surface area contributed by atoms with Crippen molar-refractivity contribution >= 4 is 23.4 Å². The van der Waals surface area contributed by atoms with E-state index in [4.69, 9.17) is 14.2 Å². The predicted molar refractivity (Wildman–Crippen MR) is 104 cm³/mol. The van der Waals surface area contributed by atoms with Crippen LogP contribution in [0.5, 0.6) is 11.5 Å². The average Bonchev–Trinajstić information content (AvgIpc) is 3.17. The molecular formula is C20H15N3O7. The van der Waals surface area contributed by atoms with Crippen molar-refractivity contribution in [3.8, 4) is 11.5 Å².